The molecule has 0 radical (unpaired) electrons. The topological polar surface area (TPSA) is 30.7 Å². The number of hydrogen-bond donors (Lipinski definition) is 0. The molecular formula is C12H10BrCl2NO2. The maximum atomic E-state index is 11.6. The number of methoxy groups -OCH3 is 1. The predicted octanol–water partition coefficient (Wildman–Crippen LogP) is 4.39. The normalized spacial score (nSPS) is 12.0. The van der Waals surface area contributed by atoms with E-state index in [1.54, 1.807) is 18.2 Å². The summed E-state index contributed by atoms with van der Waals surface area (Å²) in [5.74, 6) is -0.480. The molecule has 0 bridgehead atoms. The molecule has 6 heteroatoms. The molecule has 1 aromatic carbocycles. The summed E-state index contributed by atoms with van der Waals surface area (Å²) in [4.78, 5) is 14.5. The van der Waals surface area contributed by atoms with Gasteiger partial charge in [-0.3, -0.25) is 0 Å². The number of nitrogens with zero attached hydrogens (tertiary/aromatic N) is 1. The van der Waals surface area contributed by atoms with Crippen LogP contribution in [0.5, 0.6) is 0 Å². The molecule has 0 aliphatic rings. The van der Waals surface area contributed by atoms with Crippen LogP contribution in [-0.2, 0) is 4.74 Å². The highest BCUT2D eigenvalue weighted by Gasteiger charge is 2.26. The van der Waals surface area contributed by atoms with Crippen LogP contribution in [0.3, 0.4) is 0 Å². The Labute approximate surface area is 124 Å². The van der Waals surface area contributed by atoms with Crippen LogP contribution < -0.4 is 0 Å². The number of hydrogen-bond acceptors (Lipinski definition) is 2. The fourth-order valence-electron chi connectivity index (χ4n) is 1.52. The fraction of sp³-hybridized carbons (Fsp3) is 0.333. The van der Waals surface area contributed by atoms with E-state index in [9.17, 15) is 4.79 Å². The van der Waals surface area contributed by atoms with Crippen LogP contribution in [0.15, 0.2) is 22.7 Å². The van der Waals surface area contributed by atoms with Crippen molar-refractivity contribution in [1.82, 2.24) is 0 Å². The quantitative estimate of drug-likeness (QED) is 0.458. The van der Waals surface area contributed by atoms with Crippen molar-refractivity contribution in [2.24, 2.45) is 0 Å². The van der Waals surface area contributed by atoms with Gasteiger partial charge in [-0.1, -0.05) is 15.9 Å². The zero-order chi connectivity index (χ0) is 13.7. The number of rotatable bonds is 4. The summed E-state index contributed by atoms with van der Waals surface area (Å²) in [7, 11) is 1.30. The van der Waals surface area contributed by atoms with E-state index in [4.69, 9.17) is 34.5 Å². The third-order valence-corrected chi connectivity index (χ3v) is 3.18. The lowest BCUT2D eigenvalue weighted by molar-refractivity contribution is 0.0599. The van der Waals surface area contributed by atoms with E-state index in [-0.39, 0.29) is 6.42 Å². The van der Waals surface area contributed by atoms with Crippen molar-refractivity contribution < 1.29 is 9.53 Å². The average molecular weight is 351 g/mol. The first-order chi connectivity index (χ1) is 8.49. The van der Waals surface area contributed by atoms with Gasteiger partial charge in [0.2, 0.25) is 0 Å². The minimum atomic E-state index is -0.659. The van der Waals surface area contributed by atoms with E-state index >= 15 is 0 Å². The molecule has 1 atom stereocenters. The number of ether oxygens (including phenoxy) is 1. The van der Waals surface area contributed by atoms with Crippen molar-refractivity contribution in [3.8, 4) is 0 Å². The van der Waals surface area contributed by atoms with Gasteiger partial charge in [0.05, 0.1) is 19.1 Å². The van der Waals surface area contributed by atoms with Gasteiger partial charge in [-0.2, -0.15) is 0 Å². The first-order valence-corrected chi connectivity index (χ1v) is 6.68. The number of carbonyl (C=O) groups excluding carboxylic acids is 1. The Kier molecular flexibility index (Phi) is 5.94. The van der Waals surface area contributed by atoms with Crippen LogP contribution in [0.4, 0.5) is 0 Å². The summed E-state index contributed by atoms with van der Waals surface area (Å²) in [6, 6.07) is 4.47. The van der Waals surface area contributed by atoms with E-state index < -0.39 is 16.8 Å². The van der Waals surface area contributed by atoms with Crippen molar-refractivity contribution in [1.29, 1.82) is 0 Å². The molecule has 1 rings (SSSR count). The Morgan fingerprint density at radius 2 is 2.22 bits per heavy atom. The Hall–Kier alpha value is -0.760. The third-order valence-electron chi connectivity index (χ3n) is 2.34. The van der Waals surface area contributed by atoms with Gasteiger partial charge in [-0.15, -0.1) is 23.2 Å². The molecule has 0 aliphatic heterocycles. The molecule has 0 aliphatic carbocycles. The summed E-state index contributed by atoms with van der Waals surface area (Å²) in [5, 5.41) is 0. The Morgan fingerprint density at radius 1 is 1.56 bits per heavy atom. The lowest BCUT2D eigenvalue weighted by Crippen LogP contribution is -2.09. The van der Waals surface area contributed by atoms with Crippen LogP contribution in [0.25, 0.3) is 4.85 Å². The van der Waals surface area contributed by atoms with Crippen molar-refractivity contribution in [2.45, 2.75) is 17.3 Å². The molecule has 1 aromatic rings. The highest BCUT2D eigenvalue weighted by molar-refractivity contribution is 9.10. The van der Waals surface area contributed by atoms with Gasteiger partial charge in [0.15, 0.2) is 0 Å². The molecular weight excluding hydrogens is 341 g/mol. The molecule has 0 saturated heterocycles. The van der Waals surface area contributed by atoms with E-state index in [1.807, 2.05) is 0 Å². The fourth-order valence-corrected chi connectivity index (χ4v) is 2.24. The zero-order valence-corrected chi connectivity index (χ0v) is 12.6. The SMILES string of the molecule is [C-]#[N+]C(CC(Cl)Cl)c1cc(Br)ccc1C(=O)OC. The summed E-state index contributed by atoms with van der Waals surface area (Å²) in [6.07, 6.45) is 0.257. The van der Waals surface area contributed by atoms with Gasteiger partial charge in [0.1, 0.15) is 4.84 Å². The zero-order valence-electron chi connectivity index (χ0n) is 9.49. The third kappa shape index (κ3) is 3.88. The summed E-state index contributed by atoms with van der Waals surface area (Å²) >= 11 is 14.7. The Balaban J connectivity index is 3.23. The summed E-state index contributed by atoms with van der Waals surface area (Å²) in [5.41, 5.74) is 0.924. The van der Waals surface area contributed by atoms with Gasteiger partial charge in [-0.25, -0.2) is 11.4 Å². The Morgan fingerprint density at radius 3 is 2.72 bits per heavy atom. The average Bonchev–Trinajstić information content (AvgIpc) is 2.34. The summed E-state index contributed by atoms with van der Waals surface area (Å²) in [6.45, 7) is 7.20. The van der Waals surface area contributed by atoms with Crippen LogP contribution in [0.1, 0.15) is 28.4 Å². The molecule has 0 heterocycles. The van der Waals surface area contributed by atoms with Crippen LogP contribution in [0.2, 0.25) is 0 Å². The first-order valence-electron chi connectivity index (χ1n) is 5.02. The Bertz CT molecular complexity index is 485. The number of benzene rings is 1. The molecule has 3 nitrogen and oxygen atoms in total. The maximum absolute atomic E-state index is 11.6. The van der Waals surface area contributed by atoms with E-state index in [2.05, 4.69) is 20.8 Å². The van der Waals surface area contributed by atoms with E-state index in [1.165, 1.54) is 7.11 Å². The minimum Gasteiger partial charge on any atom is -0.465 e. The molecule has 0 fully saturated rings. The smallest absolute Gasteiger partial charge is 0.338 e. The second-order valence-electron chi connectivity index (χ2n) is 3.49. The van der Waals surface area contributed by atoms with Crippen molar-refractivity contribution >= 4 is 45.1 Å². The van der Waals surface area contributed by atoms with Crippen LogP contribution in [-0.4, -0.2) is 17.9 Å². The van der Waals surface area contributed by atoms with Crippen LogP contribution >= 0.6 is 39.1 Å². The molecule has 0 aromatic heterocycles. The molecule has 18 heavy (non-hydrogen) atoms. The lowest BCUT2D eigenvalue weighted by Gasteiger charge is -2.11. The van der Waals surface area contributed by atoms with Crippen LogP contribution in [0, 0.1) is 6.57 Å². The van der Waals surface area contributed by atoms with Gasteiger partial charge in [-0.05, 0) is 18.2 Å². The van der Waals surface area contributed by atoms with Crippen molar-refractivity contribution in [2.75, 3.05) is 7.11 Å². The second kappa shape index (κ2) is 6.98. The van der Waals surface area contributed by atoms with Gasteiger partial charge >= 0.3 is 5.97 Å². The predicted molar refractivity (Wildman–Crippen MR) is 74.9 cm³/mol. The van der Waals surface area contributed by atoms with Crippen molar-refractivity contribution in [3.63, 3.8) is 0 Å². The monoisotopic (exact) mass is 349 g/mol. The van der Waals surface area contributed by atoms with E-state index in [0.29, 0.717) is 11.1 Å². The molecule has 0 amide bonds. The van der Waals surface area contributed by atoms with E-state index in [0.717, 1.165) is 4.47 Å². The summed E-state index contributed by atoms with van der Waals surface area (Å²) < 4.78 is 5.47. The maximum Gasteiger partial charge on any atom is 0.338 e. The molecule has 0 saturated carbocycles. The van der Waals surface area contributed by atoms with Gasteiger partial charge in [0.25, 0.3) is 6.04 Å². The first kappa shape index (κ1) is 15.3. The largest absolute Gasteiger partial charge is 0.465 e. The van der Waals surface area contributed by atoms with Gasteiger partial charge < -0.3 is 9.58 Å². The number of alkyl halides is 2. The number of halogens is 3. The number of carbonyl (C=O) groups is 1. The highest BCUT2D eigenvalue weighted by Crippen LogP contribution is 2.31. The molecule has 1 unspecified atom stereocenters. The minimum absolute atomic E-state index is 0.257. The van der Waals surface area contributed by atoms with Crippen molar-refractivity contribution in [3.05, 3.63) is 45.2 Å². The number of esters is 1. The molecule has 96 valence electrons. The second-order valence-corrected chi connectivity index (χ2v) is 5.69. The molecule has 0 spiro atoms. The highest BCUT2D eigenvalue weighted by atomic mass is 79.9. The lowest BCUT2D eigenvalue weighted by atomic mass is 9.99. The standard InChI is InChI=1S/C12H10BrCl2NO2/c1-16-10(6-11(14)15)9-5-7(13)3-4-8(9)12(17)18-2/h3-5,10-11H,6H2,2H3. The van der Waals surface area contributed by atoms with Gasteiger partial charge in [0, 0.05) is 10.0 Å². The molecule has 0 N–H and O–H groups in total.